The molecule has 0 aromatic heterocycles. The molecule has 0 saturated carbocycles. The van der Waals surface area contributed by atoms with Crippen LogP contribution in [0.15, 0.2) is 24.3 Å². The van der Waals surface area contributed by atoms with E-state index in [-0.39, 0.29) is 18.2 Å². The third-order valence-electron chi connectivity index (χ3n) is 5.19. The van der Waals surface area contributed by atoms with Gasteiger partial charge in [0.05, 0.1) is 17.5 Å². The Kier molecular flexibility index (Phi) is 5.22. The van der Waals surface area contributed by atoms with E-state index >= 15 is 0 Å². The molecule has 2 amide bonds. The van der Waals surface area contributed by atoms with Crippen LogP contribution in [0.5, 0.6) is 0 Å². The number of alkyl halides is 3. The van der Waals surface area contributed by atoms with Crippen molar-refractivity contribution in [2.75, 3.05) is 33.2 Å². The van der Waals surface area contributed by atoms with Crippen molar-refractivity contribution in [3.05, 3.63) is 35.4 Å². The summed E-state index contributed by atoms with van der Waals surface area (Å²) < 4.78 is 38.5. The quantitative estimate of drug-likeness (QED) is 0.868. The van der Waals surface area contributed by atoms with Gasteiger partial charge in [-0.2, -0.15) is 13.2 Å². The Morgan fingerprint density at radius 2 is 1.77 bits per heavy atom. The predicted octanol–water partition coefficient (Wildman–Crippen LogP) is 2.05. The van der Waals surface area contributed by atoms with Gasteiger partial charge in [-0.25, -0.2) is 0 Å². The standard InChI is InChI=1S/C18H22F3N3O2/c1-23-15(25)7-6-14(17(26)24-10-8-22-9-11-24)16(23)12-2-4-13(5-3-12)18(19,20)21/h2-5,14,16,22H,6-11H2,1H3/t14-,16+/m0/s1. The molecule has 2 aliphatic heterocycles. The zero-order valence-corrected chi connectivity index (χ0v) is 14.6. The van der Waals surface area contributed by atoms with Crippen molar-refractivity contribution in [3.63, 3.8) is 0 Å². The Balaban J connectivity index is 1.88. The largest absolute Gasteiger partial charge is 0.416 e. The zero-order valence-electron chi connectivity index (χ0n) is 14.6. The number of nitrogens with one attached hydrogen (secondary N) is 1. The van der Waals surface area contributed by atoms with Gasteiger partial charge in [-0.3, -0.25) is 9.59 Å². The first-order valence-corrected chi connectivity index (χ1v) is 8.71. The predicted molar refractivity (Wildman–Crippen MR) is 89.1 cm³/mol. The summed E-state index contributed by atoms with van der Waals surface area (Å²) in [6, 6.07) is 4.23. The number of nitrogens with zero attached hydrogens (tertiary/aromatic N) is 2. The van der Waals surface area contributed by atoms with Gasteiger partial charge >= 0.3 is 6.18 Å². The summed E-state index contributed by atoms with van der Waals surface area (Å²) in [6.07, 6.45) is -3.73. The van der Waals surface area contributed by atoms with Gasteiger partial charge in [-0.05, 0) is 24.1 Å². The first kappa shape index (κ1) is 18.7. The van der Waals surface area contributed by atoms with E-state index in [4.69, 9.17) is 0 Å². The number of carbonyl (C=O) groups is 2. The number of hydrogen-bond donors (Lipinski definition) is 1. The first-order chi connectivity index (χ1) is 12.3. The van der Waals surface area contributed by atoms with Gasteiger partial charge in [-0.1, -0.05) is 12.1 Å². The number of rotatable bonds is 2. The number of piperazine rings is 1. The van der Waals surface area contributed by atoms with Gasteiger partial charge in [-0.15, -0.1) is 0 Å². The number of carbonyl (C=O) groups excluding carboxylic acids is 2. The van der Waals surface area contributed by atoms with Crippen molar-refractivity contribution in [3.8, 4) is 0 Å². The van der Waals surface area contributed by atoms with Gasteiger partial charge in [0.15, 0.2) is 0 Å². The molecule has 0 unspecified atom stereocenters. The normalized spacial score (nSPS) is 24.7. The van der Waals surface area contributed by atoms with Crippen molar-refractivity contribution >= 4 is 11.8 Å². The van der Waals surface area contributed by atoms with Crippen molar-refractivity contribution < 1.29 is 22.8 Å². The second-order valence-corrected chi connectivity index (χ2v) is 6.79. The molecule has 0 bridgehead atoms. The summed E-state index contributed by atoms with van der Waals surface area (Å²) in [7, 11) is 1.61. The Labute approximate surface area is 150 Å². The zero-order chi connectivity index (χ0) is 18.9. The first-order valence-electron chi connectivity index (χ1n) is 8.71. The molecule has 3 rings (SSSR count). The van der Waals surface area contributed by atoms with Gasteiger partial charge < -0.3 is 15.1 Å². The molecule has 1 N–H and O–H groups in total. The van der Waals surface area contributed by atoms with Crippen LogP contribution in [0.1, 0.15) is 30.0 Å². The fourth-order valence-electron chi connectivity index (χ4n) is 3.74. The fraction of sp³-hybridized carbons (Fsp3) is 0.556. The SMILES string of the molecule is CN1C(=O)CC[C@H](C(=O)N2CCNCC2)[C@H]1c1ccc(C(F)(F)F)cc1. The molecule has 26 heavy (non-hydrogen) atoms. The minimum atomic E-state index is -4.41. The number of likely N-dealkylation sites (tertiary alicyclic amines) is 1. The number of benzene rings is 1. The van der Waals surface area contributed by atoms with Crippen molar-refractivity contribution in [2.45, 2.75) is 25.1 Å². The summed E-state index contributed by atoms with van der Waals surface area (Å²) in [4.78, 5) is 28.4. The maximum atomic E-state index is 13.0. The minimum absolute atomic E-state index is 0.0317. The van der Waals surface area contributed by atoms with E-state index in [2.05, 4.69) is 5.32 Å². The fourth-order valence-corrected chi connectivity index (χ4v) is 3.74. The Hall–Kier alpha value is -2.09. The summed E-state index contributed by atoms with van der Waals surface area (Å²) in [5.74, 6) is -0.567. The second-order valence-electron chi connectivity index (χ2n) is 6.79. The highest BCUT2D eigenvalue weighted by Gasteiger charge is 2.41. The van der Waals surface area contributed by atoms with Gasteiger partial charge in [0.2, 0.25) is 11.8 Å². The molecule has 2 saturated heterocycles. The summed E-state index contributed by atoms with van der Waals surface area (Å²) in [5.41, 5.74) is -0.182. The van der Waals surface area contributed by atoms with Crippen molar-refractivity contribution in [1.29, 1.82) is 0 Å². The number of amides is 2. The van der Waals surface area contributed by atoms with E-state index in [1.54, 1.807) is 11.9 Å². The molecule has 0 radical (unpaired) electrons. The highest BCUT2D eigenvalue weighted by atomic mass is 19.4. The van der Waals surface area contributed by atoms with Crippen molar-refractivity contribution in [2.24, 2.45) is 5.92 Å². The van der Waals surface area contributed by atoms with Crippen LogP contribution in [0.4, 0.5) is 13.2 Å². The van der Waals surface area contributed by atoms with Crippen LogP contribution in [0.3, 0.4) is 0 Å². The van der Waals surface area contributed by atoms with Crippen LogP contribution in [0.2, 0.25) is 0 Å². The molecule has 0 spiro atoms. The summed E-state index contributed by atoms with van der Waals surface area (Å²) in [5, 5.41) is 3.19. The lowest BCUT2D eigenvalue weighted by atomic mass is 9.83. The van der Waals surface area contributed by atoms with E-state index in [0.29, 0.717) is 25.1 Å². The van der Waals surface area contributed by atoms with Crippen LogP contribution in [0.25, 0.3) is 0 Å². The molecule has 1 aromatic rings. The molecular weight excluding hydrogens is 347 g/mol. The maximum absolute atomic E-state index is 13.0. The van der Waals surface area contributed by atoms with Crippen LogP contribution in [-0.4, -0.2) is 54.8 Å². The smallest absolute Gasteiger partial charge is 0.340 e. The number of halogens is 3. The summed E-state index contributed by atoms with van der Waals surface area (Å²) >= 11 is 0. The molecule has 142 valence electrons. The third-order valence-corrected chi connectivity index (χ3v) is 5.19. The number of piperidine rings is 1. The highest BCUT2D eigenvalue weighted by molar-refractivity contribution is 5.85. The monoisotopic (exact) mass is 369 g/mol. The minimum Gasteiger partial charge on any atom is -0.340 e. The van der Waals surface area contributed by atoms with Crippen LogP contribution >= 0.6 is 0 Å². The molecule has 2 fully saturated rings. The van der Waals surface area contributed by atoms with E-state index in [1.165, 1.54) is 17.0 Å². The van der Waals surface area contributed by atoms with Gasteiger partial charge in [0, 0.05) is 39.6 Å². The molecule has 8 heteroatoms. The third kappa shape index (κ3) is 3.70. The molecule has 0 aliphatic carbocycles. The Morgan fingerprint density at radius 1 is 1.15 bits per heavy atom. The van der Waals surface area contributed by atoms with Crippen molar-refractivity contribution in [1.82, 2.24) is 15.1 Å². The molecule has 2 heterocycles. The average molecular weight is 369 g/mol. The lowest BCUT2D eigenvalue weighted by Gasteiger charge is -2.41. The van der Waals surface area contributed by atoms with Crippen LogP contribution < -0.4 is 5.32 Å². The van der Waals surface area contributed by atoms with Crippen LogP contribution in [-0.2, 0) is 15.8 Å². The summed E-state index contributed by atoms with van der Waals surface area (Å²) in [6.45, 7) is 2.65. The van der Waals surface area contributed by atoms with E-state index in [9.17, 15) is 22.8 Å². The molecule has 2 aliphatic rings. The van der Waals surface area contributed by atoms with Gasteiger partial charge in [0.25, 0.3) is 0 Å². The van der Waals surface area contributed by atoms with E-state index in [1.807, 2.05) is 0 Å². The second kappa shape index (κ2) is 7.26. The molecule has 5 nitrogen and oxygen atoms in total. The highest BCUT2D eigenvalue weighted by Crippen LogP contribution is 2.38. The molecular formula is C18H22F3N3O2. The van der Waals surface area contributed by atoms with Crippen LogP contribution in [0, 0.1) is 5.92 Å². The lowest BCUT2D eigenvalue weighted by Crippen LogP contribution is -2.52. The van der Waals surface area contributed by atoms with E-state index < -0.39 is 23.7 Å². The lowest BCUT2D eigenvalue weighted by molar-refractivity contribution is -0.147. The number of hydrogen-bond acceptors (Lipinski definition) is 3. The Morgan fingerprint density at radius 3 is 2.35 bits per heavy atom. The molecule has 2 atom stereocenters. The average Bonchev–Trinajstić information content (AvgIpc) is 2.63. The maximum Gasteiger partial charge on any atom is 0.416 e. The van der Waals surface area contributed by atoms with E-state index in [0.717, 1.165) is 25.2 Å². The molecule has 1 aromatic carbocycles. The topological polar surface area (TPSA) is 52.7 Å². The van der Waals surface area contributed by atoms with Gasteiger partial charge in [0.1, 0.15) is 0 Å². The Bertz CT molecular complexity index is 669.